The third-order valence-corrected chi connectivity index (χ3v) is 6.30. The van der Waals surface area contributed by atoms with Crippen LogP contribution >= 0.6 is 23.4 Å². The molecular weight excluding hydrogens is 376 g/mol. The molecule has 0 spiro atoms. The summed E-state index contributed by atoms with van der Waals surface area (Å²) in [4.78, 5) is 16.1. The van der Waals surface area contributed by atoms with Crippen LogP contribution in [0.2, 0.25) is 5.02 Å². The first-order valence-corrected chi connectivity index (χ1v) is 10.9. The van der Waals surface area contributed by atoms with Crippen LogP contribution in [0.15, 0.2) is 53.4 Å². The average molecular weight is 403 g/mol. The number of hydrogen-bond donors (Lipinski definition) is 1. The lowest BCUT2D eigenvalue weighted by atomic mass is 9.96. The number of nitrogens with one attached hydrogen (secondary N) is 1. The Morgan fingerprint density at radius 1 is 1.22 bits per heavy atom. The van der Waals surface area contributed by atoms with Crippen molar-refractivity contribution in [2.24, 2.45) is 5.92 Å². The molecule has 1 aliphatic heterocycles. The molecule has 1 heterocycles. The lowest BCUT2D eigenvalue weighted by molar-refractivity contribution is -0.126. The van der Waals surface area contributed by atoms with Gasteiger partial charge in [-0.25, -0.2) is 0 Å². The van der Waals surface area contributed by atoms with E-state index in [2.05, 4.69) is 47.5 Å². The van der Waals surface area contributed by atoms with Gasteiger partial charge in [0.05, 0.1) is 5.92 Å². The molecule has 1 N–H and O–H groups in total. The van der Waals surface area contributed by atoms with Crippen molar-refractivity contribution in [3.8, 4) is 0 Å². The van der Waals surface area contributed by atoms with E-state index in [0.717, 1.165) is 48.8 Å². The fraction of sp³-hybridized carbons (Fsp3) is 0.409. The van der Waals surface area contributed by atoms with Crippen molar-refractivity contribution in [3.05, 3.63) is 64.7 Å². The quantitative estimate of drug-likeness (QED) is 0.534. The maximum atomic E-state index is 12.5. The first-order chi connectivity index (χ1) is 13.1. The summed E-state index contributed by atoms with van der Waals surface area (Å²) in [5.41, 5.74) is 2.40. The number of rotatable bonds is 7. The van der Waals surface area contributed by atoms with E-state index in [4.69, 9.17) is 11.6 Å². The van der Waals surface area contributed by atoms with Crippen LogP contribution in [0.3, 0.4) is 0 Å². The van der Waals surface area contributed by atoms with E-state index in [0.29, 0.717) is 6.54 Å². The van der Waals surface area contributed by atoms with E-state index >= 15 is 0 Å². The van der Waals surface area contributed by atoms with Crippen molar-refractivity contribution in [3.63, 3.8) is 0 Å². The molecule has 3 nitrogen and oxygen atoms in total. The van der Waals surface area contributed by atoms with E-state index in [1.807, 2.05) is 18.2 Å². The van der Waals surface area contributed by atoms with Crippen molar-refractivity contribution in [2.45, 2.75) is 31.2 Å². The van der Waals surface area contributed by atoms with Gasteiger partial charge < -0.3 is 5.32 Å². The Morgan fingerprint density at radius 2 is 2.00 bits per heavy atom. The summed E-state index contributed by atoms with van der Waals surface area (Å²) in [7, 11) is 0. The third-order valence-electron chi connectivity index (χ3n) is 4.92. The molecule has 0 unspecified atom stereocenters. The van der Waals surface area contributed by atoms with Crippen LogP contribution in [0.1, 0.15) is 24.0 Å². The van der Waals surface area contributed by atoms with Crippen LogP contribution in [0.5, 0.6) is 0 Å². The summed E-state index contributed by atoms with van der Waals surface area (Å²) in [6.07, 6.45) is 2.02. The maximum absolute atomic E-state index is 12.5. The van der Waals surface area contributed by atoms with E-state index in [9.17, 15) is 4.79 Å². The monoisotopic (exact) mass is 402 g/mol. The third kappa shape index (κ3) is 6.27. The van der Waals surface area contributed by atoms with Crippen molar-refractivity contribution in [2.75, 3.05) is 25.4 Å². The van der Waals surface area contributed by atoms with E-state index in [1.54, 1.807) is 11.8 Å². The Labute approximate surface area is 171 Å². The second kappa shape index (κ2) is 10.2. The number of aryl methyl sites for hydroxylation is 1. The lowest BCUT2D eigenvalue weighted by Crippen LogP contribution is -2.43. The minimum Gasteiger partial charge on any atom is -0.355 e. The Hall–Kier alpha value is -1.49. The number of thioether (sulfide) groups is 1. The molecule has 3 rings (SSSR count). The first kappa shape index (κ1) is 20.2. The van der Waals surface area contributed by atoms with Gasteiger partial charge in [0.1, 0.15) is 0 Å². The molecule has 144 valence electrons. The molecule has 0 radical (unpaired) electrons. The molecule has 2 aromatic rings. The molecular formula is C22H27ClN2OS. The molecule has 27 heavy (non-hydrogen) atoms. The van der Waals surface area contributed by atoms with E-state index < -0.39 is 0 Å². The first-order valence-electron chi connectivity index (χ1n) is 9.55. The fourth-order valence-corrected chi connectivity index (χ4v) is 4.37. The predicted molar refractivity (Wildman–Crippen MR) is 114 cm³/mol. The molecule has 1 atom stereocenters. The SMILES string of the molecule is Cc1ccc(SCCNC(=O)[C@H]2CCCN(Cc3ccccc3Cl)C2)cc1. The highest BCUT2D eigenvalue weighted by molar-refractivity contribution is 7.99. The van der Waals surface area contributed by atoms with E-state index in [1.165, 1.54) is 10.5 Å². The molecule has 0 bridgehead atoms. The number of nitrogens with zero attached hydrogens (tertiary/aromatic N) is 1. The minimum absolute atomic E-state index is 0.0746. The predicted octanol–water partition coefficient (Wildman–Crippen LogP) is 4.77. The largest absolute Gasteiger partial charge is 0.355 e. The highest BCUT2D eigenvalue weighted by Gasteiger charge is 2.25. The number of carbonyl (C=O) groups is 1. The zero-order chi connectivity index (χ0) is 19.1. The number of carbonyl (C=O) groups excluding carboxylic acids is 1. The van der Waals surface area contributed by atoms with Gasteiger partial charge in [0, 0.05) is 35.3 Å². The number of piperidine rings is 1. The van der Waals surface area contributed by atoms with Crippen LogP contribution in [0.25, 0.3) is 0 Å². The summed E-state index contributed by atoms with van der Waals surface area (Å²) in [5.74, 6) is 1.15. The highest BCUT2D eigenvalue weighted by atomic mass is 35.5. The second-order valence-electron chi connectivity index (χ2n) is 7.12. The van der Waals surface area contributed by atoms with Crippen molar-refractivity contribution < 1.29 is 4.79 Å². The topological polar surface area (TPSA) is 32.3 Å². The number of hydrogen-bond acceptors (Lipinski definition) is 3. The Bertz CT molecular complexity index is 750. The smallest absolute Gasteiger partial charge is 0.224 e. The Morgan fingerprint density at radius 3 is 2.78 bits per heavy atom. The zero-order valence-electron chi connectivity index (χ0n) is 15.8. The van der Waals surface area contributed by atoms with Gasteiger partial charge in [-0.2, -0.15) is 0 Å². The molecule has 1 fully saturated rings. The standard InChI is InChI=1S/C22H27ClN2OS/c1-17-8-10-20(11-9-17)27-14-12-24-22(26)19-6-4-13-25(16-19)15-18-5-2-3-7-21(18)23/h2-3,5,7-11,19H,4,6,12-16H2,1H3,(H,24,26)/t19-/m0/s1. The summed E-state index contributed by atoms with van der Waals surface area (Å²) in [5, 5.41) is 3.92. The van der Waals surface area contributed by atoms with Gasteiger partial charge in [-0.3, -0.25) is 9.69 Å². The molecule has 1 amide bonds. The van der Waals surface area contributed by atoms with Gasteiger partial charge in [-0.1, -0.05) is 47.5 Å². The Balaban J connectivity index is 1.41. The van der Waals surface area contributed by atoms with Gasteiger partial charge in [-0.05, 0) is 50.1 Å². The number of benzene rings is 2. The van der Waals surface area contributed by atoms with Crippen LogP contribution < -0.4 is 5.32 Å². The van der Waals surface area contributed by atoms with Crippen molar-refractivity contribution >= 4 is 29.3 Å². The van der Waals surface area contributed by atoms with Crippen molar-refractivity contribution in [1.82, 2.24) is 10.2 Å². The van der Waals surface area contributed by atoms with Crippen LogP contribution in [-0.4, -0.2) is 36.2 Å². The normalized spacial score (nSPS) is 17.6. The van der Waals surface area contributed by atoms with Gasteiger partial charge in [0.25, 0.3) is 0 Å². The number of likely N-dealkylation sites (tertiary alicyclic amines) is 1. The fourth-order valence-electron chi connectivity index (χ4n) is 3.40. The molecule has 1 aliphatic rings. The highest BCUT2D eigenvalue weighted by Crippen LogP contribution is 2.22. The summed E-state index contributed by atoms with van der Waals surface area (Å²) in [6.45, 7) is 5.44. The van der Waals surface area contributed by atoms with Gasteiger partial charge in [-0.15, -0.1) is 11.8 Å². The van der Waals surface area contributed by atoms with E-state index in [-0.39, 0.29) is 11.8 Å². The second-order valence-corrected chi connectivity index (χ2v) is 8.69. The summed E-state index contributed by atoms with van der Waals surface area (Å²) >= 11 is 8.06. The average Bonchev–Trinajstić information content (AvgIpc) is 2.68. The number of amides is 1. The molecule has 0 aromatic heterocycles. The van der Waals surface area contributed by atoms with Gasteiger partial charge in [0.2, 0.25) is 5.91 Å². The molecule has 0 saturated carbocycles. The summed E-state index contributed by atoms with van der Waals surface area (Å²) in [6, 6.07) is 16.5. The zero-order valence-corrected chi connectivity index (χ0v) is 17.4. The van der Waals surface area contributed by atoms with Crippen LogP contribution in [0.4, 0.5) is 0 Å². The van der Waals surface area contributed by atoms with Gasteiger partial charge in [0.15, 0.2) is 0 Å². The molecule has 1 saturated heterocycles. The lowest BCUT2D eigenvalue weighted by Gasteiger charge is -2.32. The van der Waals surface area contributed by atoms with Crippen LogP contribution in [0, 0.1) is 12.8 Å². The summed E-state index contributed by atoms with van der Waals surface area (Å²) < 4.78 is 0. The number of halogens is 1. The maximum Gasteiger partial charge on any atom is 0.224 e. The van der Waals surface area contributed by atoms with Crippen molar-refractivity contribution in [1.29, 1.82) is 0 Å². The Kier molecular flexibility index (Phi) is 7.62. The molecule has 2 aromatic carbocycles. The van der Waals surface area contributed by atoms with Crippen LogP contribution in [-0.2, 0) is 11.3 Å². The van der Waals surface area contributed by atoms with Gasteiger partial charge >= 0.3 is 0 Å². The molecule has 5 heteroatoms. The minimum atomic E-state index is 0.0746. The molecule has 0 aliphatic carbocycles.